The number of phenols is 1. The first-order valence-electron chi connectivity index (χ1n) is 8.61. The van der Waals surface area contributed by atoms with Crippen LogP contribution >= 0.6 is 11.6 Å². The molecule has 8 heteroatoms. The fourth-order valence-electron chi connectivity index (χ4n) is 2.78. The van der Waals surface area contributed by atoms with Gasteiger partial charge in [0, 0.05) is 11.6 Å². The summed E-state index contributed by atoms with van der Waals surface area (Å²) in [5.74, 6) is -0.269. The van der Waals surface area contributed by atoms with Crippen molar-refractivity contribution in [1.82, 2.24) is 15.1 Å². The lowest BCUT2D eigenvalue weighted by atomic mass is 10.1. The molecule has 2 aromatic carbocycles. The number of carbonyl (C=O) groups excluding carboxylic acids is 1. The molecule has 4 N–H and O–H groups in total. The van der Waals surface area contributed by atoms with Gasteiger partial charge < -0.3 is 16.2 Å². The fraction of sp³-hybridized carbons (Fsp3) is 0.150. The first-order valence-corrected chi connectivity index (χ1v) is 8.98. The highest BCUT2D eigenvalue weighted by Gasteiger charge is 2.16. The number of phenolic OH excluding ortho intramolecular Hbond substituents is 1. The van der Waals surface area contributed by atoms with Crippen LogP contribution in [-0.4, -0.2) is 27.3 Å². The maximum atomic E-state index is 12.2. The number of aromatic nitrogens is 2. The number of amides is 1. The molecule has 0 saturated carbocycles. The van der Waals surface area contributed by atoms with Gasteiger partial charge in [-0.2, -0.15) is 10.4 Å². The number of halogens is 1. The fourth-order valence-corrected chi connectivity index (χ4v) is 2.96. The van der Waals surface area contributed by atoms with Crippen molar-refractivity contribution in [3.05, 3.63) is 70.4 Å². The van der Waals surface area contributed by atoms with Crippen molar-refractivity contribution >= 4 is 23.3 Å². The average molecular weight is 396 g/mol. The monoisotopic (exact) mass is 395 g/mol. The van der Waals surface area contributed by atoms with Crippen LogP contribution in [0.3, 0.4) is 0 Å². The smallest absolute Gasteiger partial charge is 0.255 e. The molecule has 1 amide bonds. The summed E-state index contributed by atoms with van der Waals surface area (Å²) in [5.41, 5.74) is 7.87. The van der Waals surface area contributed by atoms with Crippen LogP contribution in [0.15, 0.2) is 48.5 Å². The molecule has 0 saturated heterocycles. The van der Waals surface area contributed by atoms with Gasteiger partial charge in [0.25, 0.3) is 5.91 Å². The van der Waals surface area contributed by atoms with E-state index in [1.807, 2.05) is 30.3 Å². The second-order valence-corrected chi connectivity index (χ2v) is 6.52. The van der Waals surface area contributed by atoms with Crippen molar-refractivity contribution in [2.45, 2.75) is 12.8 Å². The summed E-state index contributed by atoms with van der Waals surface area (Å²) >= 11 is 5.86. The maximum Gasteiger partial charge on any atom is 0.255 e. The minimum absolute atomic E-state index is 0.114. The van der Waals surface area contributed by atoms with E-state index in [1.165, 1.54) is 22.9 Å². The third-order valence-electron chi connectivity index (χ3n) is 4.19. The number of benzene rings is 2. The van der Waals surface area contributed by atoms with Crippen LogP contribution in [0, 0.1) is 11.3 Å². The number of nitrogens with two attached hydrogens (primary N) is 1. The Morgan fingerprint density at radius 2 is 2.04 bits per heavy atom. The summed E-state index contributed by atoms with van der Waals surface area (Å²) in [6, 6.07) is 15.7. The summed E-state index contributed by atoms with van der Waals surface area (Å²) < 4.78 is 1.54. The topological polar surface area (TPSA) is 117 Å². The van der Waals surface area contributed by atoms with Gasteiger partial charge in [-0.1, -0.05) is 29.8 Å². The third kappa shape index (κ3) is 4.08. The number of nitrogens with one attached hydrogen (secondary N) is 1. The minimum atomic E-state index is -0.421. The number of anilines is 1. The Kier molecular flexibility index (Phi) is 5.82. The van der Waals surface area contributed by atoms with Crippen LogP contribution in [0.2, 0.25) is 5.02 Å². The second-order valence-electron chi connectivity index (χ2n) is 6.09. The zero-order chi connectivity index (χ0) is 20.1. The van der Waals surface area contributed by atoms with E-state index in [9.17, 15) is 15.2 Å². The lowest BCUT2D eigenvalue weighted by Crippen LogP contribution is -2.25. The molecule has 28 heavy (non-hydrogen) atoms. The Balaban J connectivity index is 1.64. The van der Waals surface area contributed by atoms with Crippen LogP contribution in [0.5, 0.6) is 5.75 Å². The van der Waals surface area contributed by atoms with Gasteiger partial charge >= 0.3 is 0 Å². The molecule has 0 spiro atoms. The van der Waals surface area contributed by atoms with Crippen molar-refractivity contribution < 1.29 is 9.90 Å². The van der Waals surface area contributed by atoms with Crippen LogP contribution < -0.4 is 11.1 Å². The first-order chi connectivity index (χ1) is 13.5. The number of aryl methyl sites for hydroxylation is 1. The predicted octanol–water partition coefficient (Wildman–Crippen LogP) is 3.05. The van der Waals surface area contributed by atoms with Crippen molar-refractivity contribution in [2.75, 3.05) is 12.3 Å². The highest BCUT2D eigenvalue weighted by Crippen LogP contribution is 2.22. The van der Waals surface area contributed by atoms with Crippen LogP contribution in [0.25, 0.3) is 5.69 Å². The zero-order valence-corrected chi connectivity index (χ0v) is 15.6. The summed E-state index contributed by atoms with van der Waals surface area (Å²) in [4.78, 5) is 12.2. The predicted molar refractivity (Wildman–Crippen MR) is 106 cm³/mol. The van der Waals surface area contributed by atoms with Gasteiger partial charge in [-0.15, -0.1) is 0 Å². The number of carbonyl (C=O) groups is 1. The number of hydrogen-bond donors (Lipinski definition) is 3. The molecule has 3 aromatic rings. The molecule has 1 heterocycles. The van der Waals surface area contributed by atoms with E-state index < -0.39 is 5.91 Å². The van der Waals surface area contributed by atoms with Gasteiger partial charge in [-0.05, 0) is 43.2 Å². The molecule has 0 bridgehead atoms. The Labute approximate surface area is 167 Å². The summed E-state index contributed by atoms with van der Waals surface area (Å²) in [5, 5.41) is 26.7. The number of aromatic hydroxyl groups is 1. The quantitative estimate of drug-likeness (QED) is 0.554. The normalized spacial score (nSPS) is 10.4. The van der Waals surface area contributed by atoms with Gasteiger partial charge in [0.05, 0.1) is 16.9 Å². The third-order valence-corrected chi connectivity index (χ3v) is 4.42. The SMILES string of the molecule is N#Cc1c(CCCNC(=O)c2cc(Cl)ccc2O)nn(-c2ccccc2)c1N. The second kappa shape index (κ2) is 8.46. The van der Waals surface area contributed by atoms with Gasteiger partial charge in [-0.25, -0.2) is 4.68 Å². The average Bonchev–Trinajstić information content (AvgIpc) is 3.03. The molecule has 0 aliphatic rings. The minimum Gasteiger partial charge on any atom is -0.507 e. The molecule has 0 unspecified atom stereocenters. The summed E-state index contributed by atoms with van der Waals surface area (Å²) in [6.45, 7) is 0.341. The number of nitrogen functional groups attached to an aromatic ring is 1. The Morgan fingerprint density at radius 3 is 2.75 bits per heavy atom. The Bertz CT molecular complexity index is 1040. The standard InChI is InChI=1S/C20H18ClN5O2/c21-13-8-9-18(27)15(11-13)20(28)24-10-4-7-17-16(12-22)19(23)26(25-17)14-5-2-1-3-6-14/h1-3,5-6,8-9,11,27H,4,7,10,23H2,(H,24,28). The Hall–Kier alpha value is -3.50. The first kappa shape index (κ1) is 19.3. The molecule has 0 aliphatic carbocycles. The molecule has 7 nitrogen and oxygen atoms in total. The van der Waals surface area contributed by atoms with Gasteiger partial charge in [0.1, 0.15) is 23.2 Å². The van der Waals surface area contributed by atoms with Crippen molar-refractivity contribution in [3.63, 3.8) is 0 Å². The van der Waals surface area contributed by atoms with Gasteiger partial charge in [-0.3, -0.25) is 4.79 Å². The summed E-state index contributed by atoms with van der Waals surface area (Å²) in [7, 11) is 0. The van der Waals surface area contributed by atoms with E-state index in [1.54, 1.807) is 0 Å². The van der Waals surface area contributed by atoms with Crippen molar-refractivity contribution in [3.8, 4) is 17.5 Å². The molecule has 0 fully saturated rings. The zero-order valence-electron chi connectivity index (χ0n) is 14.9. The maximum absolute atomic E-state index is 12.2. The molecular formula is C20H18ClN5O2. The number of hydrogen-bond acceptors (Lipinski definition) is 5. The highest BCUT2D eigenvalue weighted by atomic mass is 35.5. The van der Waals surface area contributed by atoms with Crippen LogP contribution in [0.4, 0.5) is 5.82 Å². The van der Waals surface area contributed by atoms with E-state index in [0.717, 1.165) is 5.69 Å². The molecular weight excluding hydrogens is 378 g/mol. The lowest BCUT2D eigenvalue weighted by molar-refractivity contribution is 0.0950. The van der Waals surface area contributed by atoms with Crippen molar-refractivity contribution in [2.24, 2.45) is 0 Å². The van der Waals surface area contributed by atoms with E-state index in [2.05, 4.69) is 16.5 Å². The van der Waals surface area contributed by atoms with E-state index in [-0.39, 0.29) is 17.1 Å². The highest BCUT2D eigenvalue weighted by molar-refractivity contribution is 6.31. The largest absolute Gasteiger partial charge is 0.507 e. The van der Waals surface area contributed by atoms with Crippen LogP contribution in [0.1, 0.15) is 28.0 Å². The van der Waals surface area contributed by atoms with Gasteiger partial charge in [0.15, 0.2) is 0 Å². The summed E-state index contributed by atoms with van der Waals surface area (Å²) in [6.07, 6.45) is 1.02. The molecule has 0 radical (unpaired) electrons. The van der Waals surface area contributed by atoms with Gasteiger partial charge in [0.2, 0.25) is 0 Å². The molecule has 142 valence electrons. The van der Waals surface area contributed by atoms with E-state index in [4.69, 9.17) is 17.3 Å². The van der Waals surface area contributed by atoms with E-state index in [0.29, 0.717) is 35.7 Å². The number of nitriles is 1. The van der Waals surface area contributed by atoms with Crippen molar-refractivity contribution in [1.29, 1.82) is 5.26 Å². The number of rotatable bonds is 6. The Morgan fingerprint density at radius 1 is 1.29 bits per heavy atom. The number of nitrogens with zero attached hydrogens (tertiary/aromatic N) is 3. The number of para-hydroxylation sites is 1. The lowest BCUT2D eigenvalue weighted by Gasteiger charge is -2.07. The molecule has 1 aromatic heterocycles. The van der Waals surface area contributed by atoms with E-state index >= 15 is 0 Å². The van der Waals surface area contributed by atoms with Crippen LogP contribution in [-0.2, 0) is 6.42 Å². The molecule has 0 atom stereocenters. The molecule has 0 aliphatic heterocycles. The molecule has 3 rings (SSSR count).